The van der Waals surface area contributed by atoms with Crippen molar-refractivity contribution in [2.75, 3.05) is 57.6 Å². The SMILES string of the molecule is O=S(=O)=O.O=S(=O)=O.[CH2-]CCN1\C(=C/C=C(/C=C/C2=Nc3c(cc(Cl)c[n+]3CCCC)C2(C)C)c2cccc(CCC(=O)NCCCOCCOCCOCCCCC(c3ccccc3)(c3ccccc3)c3ccccc3)c2)C(C)(C)c2c[c-]ccc21.[Na+].[Na+]. The molecule has 0 saturated carbocycles. The van der Waals surface area contributed by atoms with Crippen LogP contribution in [0, 0.1) is 13.0 Å². The minimum Gasteiger partial charge on any atom is -0.379 e. The number of unbranched alkanes of at least 4 members (excludes halogenated alkanes) is 2. The standard InChI is InChI=1S/C70H82ClN4O4.2Na.2O3S/c1-7-9-44-74-53-60(71)52-62-67(74)73-64(68(62,3)4)38-36-55(37-39-65-69(5,6)61-33-19-20-34-63(61)75(65)43-8-2)56-26-23-25-54(51-56)35-40-66(76)72-42-24-46-78-48-50-79-49-47-77-45-22-21-41-70(57-27-13-10-14-28-57,58-29-15-11-16-30-58)59-31-17-12-18-32-59;;;2*1-4(2)3/h10-18,20,23,25-34,36-39,51-53H,2,7-9,21-22,24,35,40-50H2,1,3-6H3,(H,72,76);;;;/q-1;2*+1;;. The summed E-state index contributed by atoms with van der Waals surface area (Å²) in [6, 6.07) is 52.9. The van der Waals surface area contributed by atoms with Crippen molar-refractivity contribution in [1.82, 2.24) is 5.32 Å². The molecule has 1 amide bonds. The van der Waals surface area contributed by atoms with Gasteiger partial charge in [-0.2, -0.15) is 24.6 Å². The van der Waals surface area contributed by atoms with Crippen molar-refractivity contribution in [1.29, 1.82) is 0 Å². The van der Waals surface area contributed by atoms with E-state index in [1.807, 2.05) is 12.3 Å². The Kier molecular flexibility index (Phi) is 33.7. The summed E-state index contributed by atoms with van der Waals surface area (Å²) in [5.74, 6) is 1.00. The number of aryl methyl sites for hydroxylation is 2. The predicted molar refractivity (Wildman–Crippen MR) is 345 cm³/mol. The zero-order chi connectivity index (χ0) is 62.7. The van der Waals surface area contributed by atoms with Gasteiger partial charge in [0.1, 0.15) is 6.20 Å². The van der Waals surface area contributed by atoms with E-state index >= 15 is 0 Å². The Labute approximate surface area is 580 Å². The number of nitrogens with zero attached hydrogens (tertiary/aromatic N) is 3. The Bertz CT molecular complexity index is 3420. The Morgan fingerprint density at radius 3 is 1.88 bits per heavy atom. The topological polar surface area (TPSA) is 179 Å². The molecule has 0 saturated heterocycles. The quantitative estimate of drug-likeness (QED) is 0.0125. The molecule has 0 unspecified atom stereocenters. The molecule has 2 aliphatic heterocycles. The monoisotopic (exact) mass is 1280 g/mol. The summed E-state index contributed by atoms with van der Waals surface area (Å²) in [6.07, 6.45) is 18.5. The van der Waals surface area contributed by atoms with E-state index in [-0.39, 0.29) is 81.3 Å². The number of hydrogen-bond acceptors (Lipinski definition) is 12. The van der Waals surface area contributed by atoms with E-state index in [4.69, 9.17) is 56.1 Å². The minimum absolute atomic E-state index is 0. The van der Waals surface area contributed by atoms with Crippen molar-refractivity contribution < 1.29 is 108 Å². The number of carbonyl (C=O) groups is 1. The number of carbonyl (C=O) groups excluding carboxylic acids is 1. The number of fused-ring (bicyclic) bond motifs is 2. The molecule has 0 aliphatic carbocycles. The molecular formula is C70H82ClN4Na2O10S2+. The number of hydrogen-bond donors (Lipinski definition) is 1. The number of ether oxygens (including phenoxy) is 3. The van der Waals surface area contributed by atoms with Crippen LogP contribution in [0.2, 0.25) is 5.02 Å². The van der Waals surface area contributed by atoms with E-state index in [0.29, 0.717) is 59.0 Å². The average molecular weight is 1290 g/mol. The summed E-state index contributed by atoms with van der Waals surface area (Å²) in [7, 11) is -6.22. The maximum atomic E-state index is 13.1. The van der Waals surface area contributed by atoms with Crippen LogP contribution in [0.1, 0.15) is 125 Å². The number of pyridine rings is 1. The van der Waals surface area contributed by atoms with Gasteiger partial charge < -0.3 is 31.4 Å². The third-order valence-corrected chi connectivity index (χ3v) is 15.9. The summed E-state index contributed by atoms with van der Waals surface area (Å²) in [4.78, 5) is 20.8. The largest absolute Gasteiger partial charge is 1.00 e. The number of anilines is 1. The third-order valence-electron chi connectivity index (χ3n) is 15.6. The normalized spacial score (nSPS) is 14.0. The molecule has 0 bridgehead atoms. The van der Waals surface area contributed by atoms with Crippen molar-refractivity contribution in [2.45, 2.75) is 115 Å². The molecule has 1 N–H and O–H groups in total. The first-order valence-corrected chi connectivity index (χ1v) is 32.1. The fourth-order valence-corrected chi connectivity index (χ4v) is 11.5. The first-order valence-electron chi connectivity index (χ1n) is 29.7. The Hall–Kier alpha value is -5.18. The average Bonchev–Trinajstić information content (AvgIpc) is 1.79. The van der Waals surface area contributed by atoms with Crippen LogP contribution in [0.5, 0.6) is 0 Å². The van der Waals surface area contributed by atoms with Crippen LogP contribution >= 0.6 is 11.6 Å². The van der Waals surface area contributed by atoms with Crippen LogP contribution in [0.25, 0.3) is 5.57 Å². The molecule has 14 nitrogen and oxygen atoms in total. The van der Waals surface area contributed by atoms with Crippen LogP contribution in [-0.4, -0.2) is 89.6 Å². The number of rotatable bonds is 30. The van der Waals surface area contributed by atoms with Crippen LogP contribution in [0.4, 0.5) is 11.5 Å². The molecule has 0 atom stereocenters. The molecular weight excluding hydrogens is 1200 g/mol. The molecule has 0 fully saturated rings. The van der Waals surface area contributed by atoms with E-state index in [1.165, 1.54) is 33.6 Å². The molecule has 0 spiro atoms. The van der Waals surface area contributed by atoms with Crippen molar-refractivity contribution in [3.05, 3.63) is 233 Å². The predicted octanol–water partition coefficient (Wildman–Crippen LogP) is 6.83. The van der Waals surface area contributed by atoms with Gasteiger partial charge in [-0.3, -0.25) is 4.79 Å². The number of nitrogens with one attached hydrogen (secondary N) is 1. The number of benzene rings is 5. The van der Waals surface area contributed by atoms with Crippen molar-refractivity contribution in [3.8, 4) is 0 Å². The van der Waals surface area contributed by atoms with Crippen molar-refractivity contribution >= 4 is 61.5 Å². The summed E-state index contributed by atoms with van der Waals surface area (Å²) < 4.78 is 70.5. The number of aromatic nitrogens is 1. The van der Waals surface area contributed by atoms with E-state index < -0.39 is 21.2 Å². The molecule has 8 rings (SSSR count). The van der Waals surface area contributed by atoms with Gasteiger partial charge in [-0.05, 0) is 121 Å². The zero-order valence-electron chi connectivity index (χ0n) is 52.7. The van der Waals surface area contributed by atoms with Gasteiger partial charge in [-0.1, -0.05) is 172 Å². The van der Waals surface area contributed by atoms with Gasteiger partial charge in [-0.25, -0.2) is 4.57 Å². The second-order valence-corrected chi connectivity index (χ2v) is 23.5. The summed E-state index contributed by atoms with van der Waals surface area (Å²) in [6.45, 7) is 21.0. The molecule has 2 aliphatic rings. The fourth-order valence-electron chi connectivity index (χ4n) is 11.3. The van der Waals surface area contributed by atoms with E-state index in [1.54, 1.807) is 0 Å². The minimum atomic E-state index is -3.11. The van der Waals surface area contributed by atoms with Gasteiger partial charge in [0.2, 0.25) is 5.91 Å². The fraction of sp³-hybridized carbons (Fsp3) is 0.371. The van der Waals surface area contributed by atoms with E-state index in [2.05, 4.69) is 220 Å². The molecule has 1 aromatic heterocycles. The molecule has 6 aromatic rings. The molecule has 0 radical (unpaired) electrons. The zero-order valence-corrected chi connectivity index (χ0v) is 59.1. The van der Waals surface area contributed by atoms with Crippen LogP contribution in [0.15, 0.2) is 181 Å². The van der Waals surface area contributed by atoms with Crippen LogP contribution < -0.4 is 73.9 Å². The van der Waals surface area contributed by atoms with E-state index in [0.717, 1.165) is 96.9 Å². The Balaban J connectivity index is 0.00000160. The third kappa shape index (κ3) is 22.6. The molecule has 462 valence electrons. The second kappa shape index (κ2) is 39.3. The van der Waals surface area contributed by atoms with Gasteiger partial charge in [0, 0.05) is 37.3 Å². The number of allylic oxidation sites excluding steroid dienone is 6. The number of halogens is 1. The summed E-state index contributed by atoms with van der Waals surface area (Å²) in [5, 5.41) is 3.82. The second-order valence-electron chi connectivity index (χ2n) is 22.3. The smallest absolute Gasteiger partial charge is 0.379 e. The van der Waals surface area contributed by atoms with Crippen molar-refractivity contribution in [2.24, 2.45) is 4.99 Å². The van der Waals surface area contributed by atoms with Gasteiger partial charge in [0.15, 0.2) is 5.71 Å². The van der Waals surface area contributed by atoms with E-state index in [9.17, 15) is 4.79 Å². The van der Waals surface area contributed by atoms with Gasteiger partial charge in [0.05, 0.1) is 49.0 Å². The Morgan fingerprint density at radius 2 is 1.30 bits per heavy atom. The molecule has 3 heterocycles. The van der Waals surface area contributed by atoms with Crippen LogP contribution in [0.3, 0.4) is 0 Å². The van der Waals surface area contributed by atoms with Gasteiger partial charge in [-0.15, -0.1) is 36.9 Å². The van der Waals surface area contributed by atoms with Gasteiger partial charge >= 0.3 is 86.1 Å². The first kappa shape index (κ1) is 76.3. The molecule has 5 aromatic carbocycles. The summed E-state index contributed by atoms with van der Waals surface area (Å²) in [5.41, 5.74) is 12.1. The first-order chi connectivity index (χ1) is 41.9. The Morgan fingerprint density at radius 1 is 0.730 bits per heavy atom. The molecule has 19 heteroatoms. The van der Waals surface area contributed by atoms with Crippen molar-refractivity contribution in [3.63, 3.8) is 0 Å². The maximum absolute atomic E-state index is 13.1. The number of amides is 1. The van der Waals surface area contributed by atoms with Crippen LogP contribution in [-0.2, 0) is 69.4 Å². The molecule has 89 heavy (non-hydrogen) atoms. The van der Waals surface area contributed by atoms with Gasteiger partial charge in [0.25, 0.3) is 0 Å². The number of aliphatic imine (C=N–C) groups is 1. The summed E-state index contributed by atoms with van der Waals surface area (Å²) >= 11 is 6.70. The maximum Gasteiger partial charge on any atom is 1.00 e.